The minimum atomic E-state index is -3.44. The van der Waals surface area contributed by atoms with E-state index in [0.717, 1.165) is 0 Å². The molecule has 1 unspecified atom stereocenters. The van der Waals surface area contributed by atoms with Crippen molar-refractivity contribution in [3.8, 4) is 0 Å². The van der Waals surface area contributed by atoms with Crippen molar-refractivity contribution in [3.63, 3.8) is 0 Å². The van der Waals surface area contributed by atoms with E-state index in [0.29, 0.717) is 17.0 Å². The van der Waals surface area contributed by atoms with E-state index < -0.39 is 20.8 Å². The Balaban J connectivity index is 1.77. The Labute approximate surface area is 134 Å². The number of nitrogens with zero attached hydrogens (tertiary/aromatic N) is 3. The molecule has 0 spiro atoms. The maximum absolute atomic E-state index is 14.2. The van der Waals surface area contributed by atoms with Crippen molar-refractivity contribution in [2.75, 3.05) is 13.2 Å². The molecule has 0 N–H and O–H groups in total. The molecule has 1 saturated heterocycles. The molecule has 1 aliphatic heterocycles. The van der Waals surface area contributed by atoms with Crippen LogP contribution in [-0.2, 0) is 33.0 Å². The molecule has 1 atom stereocenters. The van der Waals surface area contributed by atoms with Gasteiger partial charge in [-0.3, -0.25) is 0 Å². The maximum Gasteiger partial charge on any atom is 0.182 e. The van der Waals surface area contributed by atoms with Crippen LogP contribution in [0.25, 0.3) is 0 Å². The summed E-state index contributed by atoms with van der Waals surface area (Å²) >= 11 is 0. The van der Waals surface area contributed by atoms with Gasteiger partial charge in [0.15, 0.2) is 21.3 Å². The first-order chi connectivity index (χ1) is 10.8. The molecule has 1 aliphatic rings. The average Bonchev–Trinajstić information content (AvgIpc) is 2.90. The summed E-state index contributed by atoms with van der Waals surface area (Å²) in [6, 6.07) is 6.55. The van der Waals surface area contributed by atoms with E-state index in [-0.39, 0.29) is 19.0 Å². The normalized spacial score (nSPS) is 18.4. The van der Waals surface area contributed by atoms with Crippen LogP contribution < -0.4 is 0 Å². The molecule has 8 heteroatoms. The van der Waals surface area contributed by atoms with Crippen molar-refractivity contribution < 1.29 is 17.5 Å². The second kappa shape index (κ2) is 5.68. The van der Waals surface area contributed by atoms with Gasteiger partial charge in [-0.05, 0) is 18.1 Å². The number of benzene rings is 1. The Morgan fingerprint density at radius 2 is 2.00 bits per heavy atom. The molecule has 0 radical (unpaired) electrons. The number of sulfone groups is 1. The highest BCUT2D eigenvalue weighted by molar-refractivity contribution is 7.90. The Hall–Kier alpha value is -1.80. The van der Waals surface area contributed by atoms with Crippen molar-refractivity contribution in [1.82, 2.24) is 14.8 Å². The lowest BCUT2D eigenvalue weighted by atomic mass is 9.93. The molecule has 0 amide bonds. The SMILES string of the molecule is CC(c1nncn1C)S(=O)(=O)Cc1ccc(C2(F)COC2)cc1. The third kappa shape index (κ3) is 3.00. The summed E-state index contributed by atoms with van der Waals surface area (Å²) in [5.74, 6) is 0.271. The van der Waals surface area contributed by atoms with Crippen LogP contribution in [-0.4, -0.2) is 36.4 Å². The molecule has 124 valence electrons. The van der Waals surface area contributed by atoms with Gasteiger partial charge in [0, 0.05) is 7.05 Å². The quantitative estimate of drug-likeness (QED) is 0.829. The number of ether oxygens (including phenoxy) is 1. The molecule has 3 rings (SSSR count). The van der Waals surface area contributed by atoms with Gasteiger partial charge in [0.2, 0.25) is 0 Å². The lowest BCUT2D eigenvalue weighted by Gasteiger charge is -2.34. The predicted molar refractivity (Wildman–Crippen MR) is 82.1 cm³/mol. The smallest absolute Gasteiger partial charge is 0.182 e. The molecule has 1 aromatic heterocycles. The van der Waals surface area contributed by atoms with Crippen LogP contribution in [0.2, 0.25) is 0 Å². The van der Waals surface area contributed by atoms with E-state index in [4.69, 9.17) is 4.74 Å². The van der Waals surface area contributed by atoms with Crippen molar-refractivity contribution in [2.24, 2.45) is 7.05 Å². The summed E-state index contributed by atoms with van der Waals surface area (Å²) in [7, 11) is -1.73. The molecule has 0 saturated carbocycles. The summed E-state index contributed by atoms with van der Waals surface area (Å²) in [5.41, 5.74) is -0.304. The van der Waals surface area contributed by atoms with Gasteiger partial charge in [0.05, 0.1) is 19.0 Å². The van der Waals surface area contributed by atoms with Gasteiger partial charge in [0.25, 0.3) is 0 Å². The van der Waals surface area contributed by atoms with Crippen molar-refractivity contribution in [1.29, 1.82) is 0 Å². The molecule has 2 heterocycles. The van der Waals surface area contributed by atoms with Crippen LogP contribution in [0, 0.1) is 0 Å². The minimum Gasteiger partial charge on any atom is -0.374 e. The first kappa shape index (κ1) is 16.1. The fourth-order valence-electron chi connectivity index (χ4n) is 2.53. The first-order valence-corrected chi connectivity index (χ1v) is 8.95. The van der Waals surface area contributed by atoms with Crippen LogP contribution in [0.3, 0.4) is 0 Å². The lowest BCUT2D eigenvalue weighted by molar-refractivity contribution is -0.135. The molecule has 1 aromatic carbocycles. The molecular weight excluding hydrogens is 321 g/mol. The Morgan fingerprint density at radius 3 is 2.48 bits per heavy atom. The number of alkyl halides is 1. The number of aromatic nitrogens is 3. The van der Waals surface area contributed by atoms with E-state index in [1.54, 1.807) is 42.8 Å². The maximum atomic E-state index is 14.2. The van der Waals surface area contributed by atoms with E-state index in [1.165, 1.54) is 6.33 Å². The molecule has 1 fully saturated rings. The van der Waals surface area contributed by atoms with Crippen LogP contribution in [0.5, 0.6) is 0 Å². The second-order valence-electron chi connectivity index (χ2n) is 5.90. The molecule has 2 aromatic rings. The zero-order valence-corrected chi connectivity index (χ0v) is 13.8. The molecule has 6 nitrogen and oxygen atoms in total. The van der Waals surface area contributed by atoms with Gasteiger partial charge in [-0.2, -0.15) is 0 Å². The summed E-state index contributed by atoms with van der Waals surface area (Å²) in [6.07, 6.45) is 1.47. The monoisotopic (exact) mass is 339 g/mol. The van der Waals surface area contributed by atoms with E-state index in [1.807, 2.05) is 0 Å². The van der Waals surface area contributed by atoms with Crippen molar-refractivity contribution in [2.45, 2.75) is 23.6 Å². The molecule has 0 bridgehead atoms. The fraction of sp³-hybridized carbons (Fsp3) is 0.467. The predicted octanol–water partition coefficient (Wildman–Crippen LogP) is 1.69. The number of halogens is 1. The molecule has 23 heavy (non-hydrogen) atoms. The van der Waals surface area contributed by atoms with Crippen molar-refractivity contribution in [3.05, 3.63) is 47.5 Å². The number of hydrogen-bond acceptors (Lipinski definition) is 5. The van der Waals surface area contributed by atoms with Gasteiger partial charge in [-0.25, -0.2) is 12.8 Å². The largest absolute Gasteiger partial charge is 0.374 e. The fourth-order valence-corrected chi connectivity index (χ4v) is 3.97. The van der Waals surface area contributed by atoms with Crippen LogP contribution in [0.15, 0.2) is 30.6 Å². The standard InChI is InChI=1S/C15H18FN3O3S/c1-11(14-18-17-10-19(14)2)23(20,21)7-12-3-5-13(6-4-12)15(16)8-22-9-15/h3-6,10-11H,7-9H2,1-2H3. The zero-order valence-electron chi connectivity index (χ0n) is 12.9. The summed E-state index contributed by atoms with van der Waals surface area (Å²) in [6.45, 7) is 1.69. The zero-order chi connectivity index (χ0) is 16.7. The Kier molecular flexibility index (Phi) is 3.97. The highest BCUT2D eigenvalue weighted by atomic mass is 32.2. The van der Waals surface area contributed by atoms with Crippen LogP contribution in [0.1, 0.15) is 29.1 Å². The van der Waals surface area contributed by atoms with Crippen LogP contribution in [0.4, 0.5) is 4.39 Å². The highest BCUT2D eigenvalue weighted by Crippen LogP contribution is 2.34. The number of aryl methyl sites for hydroxylation is 1. The molecule has 0 aliphatic carbocycles. The highest BCUT2D eigenvalue weighted by Gasteiger charge is 2.40. The number of hydrogen-bond donors (Lipinski definition) is 0. The second-order valence-corrected chi connectivity index (χ2v) is 8.23. The van der Waals surface area contributed by atoms with E-state index in [2.05, 4.69) is 10.2 Å². The van der Waals surface area contributed by atoms with Gasteiger partial charge in [0.1, 0.15) is 11.6 Å². The molecular formula is C15H18FN3O3S. The van der Waals surface area contributed by atoms with Crippen LogP contribution >= 0.6 is 0 Å². The van der Waals surface area contributed by atoms with Gasteiger partial charge in [-0.15, -0.1) is 10.2 Å². The first-order valence-electron chi connectivity index (χ1n) is 7.23. The minimum absolute atomic E-state index is 0.0494. The number of rotatable bonds is 5. The Morgan fingerprint density at radius 1 is 1.35 bits per heavy atom. The van der Waals surface area contributed by atoms with E-state index in [9.17, 15) is 12.8 Å². The van der Waals surface area contributed by atoms with Gasteiger partial charge >= 0.3 is 0 Å². The summed E-state index contributed by atoms with van der Waals surface area (Å²) in [4.78, 5) is 0. The summed E-state index contributed by atoms with van der Waals surface area (Å²) < 4.78 is 45.7. The third-order valence-electron chi connectivity index (χ3n) is 4.15. The van der Waals surface area contributed by atoms with Crippen molar-refractivity contribution >= 4 is 9.84 Å². The van der Waals surface area contributed by atoms with Gasteiger partial charge in [-0.1, -0.05) is 24.3 Å². The summed E-state index contributed by atoms with van der Waals surface area (Å²) in [5, 5.41) is 6.81. The lowest BCUT2D eigenvalue weighted by Crippen LogP contribution is -2.42. The average molecular weight is 339 g/mol. The van der Waals surface area contributed by atoms with E-state index >= 15 is 0 Å². The Bertz CT molecular complexity index is 798. The topological polar surface area (TPSA) is 74.1 Å². The third-order valence-corrected chi connectivity index (χ3v) is 6.17. The van der Waals surface area contributed by atoms with Gasteiger partial charge < -0.3 is 9.30 Å².